The average Bonchev–Trinajstić information content (AvgIpc) is 2.77. The predicted octanol–water partition coefficient (Wildman–Crippen LogP) is 5.88. The van der Waals surface area contributed by atoms with Gasteiger partial charge in [0.15, 0.2) is 0 Å². The Hall–Kier alpha value is -3.92. The van der Waals surface area contributed by atoms with Crippen molar-refractivity contribution in [3.05, 3.63) is 102 Å². The molecule has 0 spiro atoms. The van der Waals surface area contributed by atoms with Gasteiger partial charge in [0.2, 0.25) is 0 Å². The molecule has 0 saturated carbocycles. The summed E-state index contributed by atoms with van der Waals surface area (Å²) in [6, 6.07) is 30.1. The van der Waals surface area contributed by atoms with Gasteiger partial charge >= 0.3 is 0 Å². The third-order valence-electron chi connectivity index (χ3n) is 4.88. The highest BCUT2D eigenvalue weighted by atomic mass is 16.3. The quantitative estimate of drug-likeness (QED) is 0.399. The van der Waals surface area contributed by atoms with Crippen LogP contribution in [0.3, 0.4) is 0 Å². The van der Waals surface area contributed by atoms with Crippen molar-refractivity contribution in [3.63, 3.8) is 0 Å². The van der Waals surface area contributed by atoms with Crippen molar-refractivity contribution in [2.45, 2.75) is 6.92 Å². The minimum atomic E-state index is 0.699. The number of aromatic nitrogens is 1. The molecule has 0 aliphatic rings. The highest BCUT2D eigenvalue weighted by Gasteiger charge is 2.06. The number of fused-ring (bicyclic) bond motifs is 2. The summed E-state index contributed by atoms with van der Waals surface area (Å²) >= 11 is 0. The third kappa shape index (κ3) is 3.48. The number of nitrogens with zero attached hydrogens (tertiary/aromatic N) is 2. The zero-order valence-corrected chi connectivity index (χ0v) is 16.0. The van der Waals surface area contributed by atoms with Gasteiger partial charge in [0, 0.05) is 22.4 Å². The second kappa shape index (κ2) is 7.24. The fourth-order valence-electron chi connectivity index (χ4n) is 3.32. The molecule has 4 heteroatoms. The minimum Gasteiger partial charge on any atom is -0.456 e. The van der Waals surface area contributed by atoms with E-state index < -0.39 is 0 Å². The molecule has 0 fully saturated rings. The number of hydrogen-bond donors (Lipinski definition) is 1. The number of anilines is 1. The van der Waals surface area contributed by atoms with Crippen LogP contribution in [-0.4, -0.2) is 4.98 Å². The van der Waals surface area contributed by atoms with Gasteiger partial charge in [-0.25, -0.2) is 4.98 Å². The Labute approximate surface area is 168 Å². The monoisotopic (exact) mass is 377 g/mol. The molecular formula is C25H19N3O. The van der Waals surface area contributed by atoms with Crippen LogP contribution in [0, 0.1) is 6.92 Å². The molecule has 0 radical (unpaired) electrons. The van der Waals surface area contributed by atoms with Gasteiger partial charge in [-0.2, -0.15) is 5.10 Å². The van der Waals surface area contributed by atoms with Crippen LogP contribution in [0.1, 0.15) is 5.56 Å². The van der Waals surface area contributed by atoms with E-state index in [4.69, 9.17) is 4.42 Å². The van der Waals surface area contributed by atoms with Crippen molar-refractivity contribution in [3.8, 4) is 11.3 Å². The molecule has 0 amide bonds. The lowest BCUT2D eigenvalue weighted by Crippen LogP contribution is -2.08. The molecule has 5 aromatic rings. The molecule has 0 unspecified atom stereocenters. The van der Waals surface area contributed by atoms with Gasteiger partial charge in [-0.3, -0.25) is 5.43 Å². The molecule has 2 heterocycles. The van der Waals surface area contributed by atoms with Crippen molar-refractivity contribution in [2.24, 2.45) is 5.10 Å². The molecule has 0 atom stereocenters. The molecule has 4 nitrogen and oxygen atoms in total. The summed E-state index contributed by atoms with van der Waals surface area (Å²) in [4.78, 5) is 4.63. The SMILES string of the molecule is Cc1ccc(-c2cc(=NNc3ccc4ccccc4n3)c3ccccc3o2)cc1. The second-order valence-corrected chi connectivity index (χ2v) is 6.97. The number of hydrogen-bond acceptors (Lipinski definition) is 4. The maximum Gasteiger partial charge on any atom is 0.146 e. The zero-order valence-electron chi connectivity index (χ0n) is 16.0. The van der Waals surface area contributed by atoms with Gasteiger partial charge in [-0.05, 0) is 37.3 Å². The first-order chi connectivity index (χ1) is 14.3. The Kier molecular flexibility index (Phi) is 4.30. The lowest BCUT2D eigenvalue weighted by atomic mass is 10.1. The highest BCUT2D eigenvalue weighted by molar-refractivity contribution is 5.80. The van der Waals surface area contributed by atoms with Gasteiger partial charge in [-0.15, -0.1) is 0 Å². The van der Waals surface area contributed by atoms with E-state index in [-0.39, 0.29) is 0 Å². The lowest BCUT2D eigenvalue weighted by molar-refractivity contribution is 0.618. The Morgan fingerprint density at radius 1 is 0.828 bits per heavy atom. The van der Waals surface area contributed by atoms with E-state index in [1.807, 2.05) is 66.7 Å². The first-order valence-corrected chi connectivity index (χ1v) is 9.52. The molecule has 29 heavy (non-hydrogen) atoms. The van der Waals surface area contributed by atoms with Gasteiger partial charge in [-0.1, -0.05) is 60.2 Å². The van der Waals surface area contributed by atoms with E-state index in [1.165, 1.54) is 5.56 Å². The summed E-state index contributed by atoms with van der Waals surface area (Å²) in [6.07, 6.45) is 0. The molecule has 2 aromatic heterocycles. The number of rotatable bonds is 3. The maximum atomic E-state index is 6.13. The summed E-state index contributed by atoms with van der Waals surface area (Å²) in [6.45, 7) is 2.07. The van der Waals surface area contributed by atoms with E-state index in [0.717, 1.165) is 38.6 Å². The van der Waals surface area contributed by atoms with Gasteiger partial charge in [0.1, 0.15) is 17.2 Å². The van der Waals surface area contributed by atoms with Crippen LogP contribution < -0.4 is 10.8 Å². The van der Waals surface area contributed by atoms with E-state index in [0.29, 0.717) is 5.82 Å². The van der Waals surface area contributed by atoms with E-state index in [2.05, 4.69) is 46.7 Å². The van der Waals surface area contributed by atoms with Crippen LogP contribution in [0.4, 0.5) is 5.82 Å². The number of pyridine rings is 1. The molecule has 0 aliphatic heterocycles. The molecule has 0 bridgehead atoms. The predicted molar refractivity (Wildman–Crippen MR) is 117 cm³/mol. The van der Waals surface area contributed by atoms with Crippen molar-refractivity contribution < 1.29 is 4.42 Å². The molecule has 3 aromatic carbocycles. The van der Waals surface area contributed by atoms with Crippen LogP contribution in [0.2, 0.25) is 0 Å². The number of benzene rings is 3. The Bertz CT molecular complexity index is 1390. The topological polar surface area (TPSA) is 50.4 Å². The molecule has 1 N–H and O–H groups in total. The molecule has 140 valence electrons. The van der Waals surface area contributed by atoms with Crippen LogP contribution >= 0.6 is 0 Å². The van der Waals surface area contributed by atoms with E-state index in [9.17, 15) is 0 Å². The normalized spacial score (nSPS) is 11.8. The van der Waals surface area contributed by atoms with Crippen LogP contribution in [0.5, 0.6) is 0 Å². The minimum absolute atomic E-state index is 0.699. The summed E-state index contributed by atoms with van der Waals surface area (Å²) in [5, 5.41) is 7.49. The maximum absolute atomic E-state index is 6.13. The standard InChI is InChI=1S/C25H19N3O/c1-17-10-12-19(13-11-17)24-16-22(20-7-3-5-9-23(20)29-24)27-28-25-15-14-18-6-2-4-8-21(18)26-25/h2-16H,1H3,(H,26,28). The molecule has 0 saturated heterocycles. The smallest absolute Gasteiger partial charge is 0.146 e. The first kappa shape index (κ1) is 17.2. The average molecular weight is 377 g/mol. The van der Waals surface area contributed by atoms with Crippen LogP contribution in [0.25, 0.3) is 33.2 Å². The van der Waals surface area contributed by atoms with Crippen LogP contribution in [0.15, 0.2) is 101 Å². The van der Waals surface area contributed by atoms with E-state index >= 15 is 0 Å². The molecular weight excluding hydrogens is 358 g/mol. The third-order valence-corrected chi connectivity index (χ3v) is 4.88. The summed E-state index contributed by atoms with van der Waals surface area (Å²) < 4.78 is 6.13. The van der Waals surface area contributed by atoms with Gasteiger partial charge in [0.05, 0.1) is 10.9 Å². The molecule has 5 rings (SSSR count). The number of nitrogens with one attached hydrogen (secondary N) is 1. The number of aryl methyl sites for hydroxylation is 1. The number of para-hydroxylation sites is 2. The van der Waals surface area contributed by atoms with Crippen molar-refractivity contribution in [1.82, 2.24) is 4.98 Å². The zero-order chi connectivity index (χ0) is 19.6. The molecule has 0 aliphatic carbocycles. The largest absolute Gasteiger partial charge is 0.456 e. The fraction of sp³-hybridized carbons (Fsp3) is 0.0400. The van der Waals surface area contributed by atoms with Crippen LogP contribution in [-0.2, 0) is 0 Å². The summed E-state index contributed by atoms with van der Waals surface area (Å²) in [5.41, 5.74) is 7.05. The Morgan fingerprint density at radius 2 is 1.62 bits per heavy atom. The van der Waals surface area contributed by atoms with Gasteiger partial charge in [0.25, 0.3) is 0 Å². The van der Waals surface area contributed by atoms with Crippen molar-refractivity contribution in [2.75, 3.05) is 5.43 Å². The first-order valence-electron chi connectivity index (χ1n) is 9.52. The fourth-order valence-corrected chi connectivity index (χ4v) is 3.32. The van der Waals surface area contributed by atoms with Gasteiger partial charge < -0.3 is 4.42 Å². The van der Waals surface area contributed by atoms with Crippen molar-refractivity contribution in [1.29, 1.82) is 0 Å². The van der Waals surface area contributed by atoms with E-state index in [1.54, 1.807) is 0 Å². The summed E-state index contributed by atoms with van der Waals surface area (Å²) in [5.74, 6) is 1.47. The lowest BCUT2D eigenvalue weighted by Gasteiger charge is -2.06. The Balaban J connectivity index is 1.61. The Morgan fingerprint density at radius 3 is 2.52 bits per heavy atom. The second-order valence-electron chi connectivity index (χ2n) is 6.97. The summed E-state index contributed by atoms with van der Waals surface area (Å²) in [7, 11) is 0. The van der Waals surface area contributed by atoms with Crippen molar-refractivity contribution >= 4 is 27.7 Å². The highest BCUT2D eigenvalue weighted by Crippen LogP contribution is 2.22.